The number of aryl methyl sites for hydroxylation is 1. The molecule has 0 saturated carbocycles. The van der Waals surface area contributed by atoms with Crippen LogP contribution in [0.1, 0.15) is 36.9 Å². The largest absolute Gasteiger partial charge is 0.508 e. The molecule has 4 nitrogen and oxygen atoms in total. The van der Waals surface area contributed by atoms with Gasteiger partial charge in [0.2, 0.25) is 5.91 Å². The van der Waals surface area contributed by atoms with E-state index in [4.69, 9.17) is 5.73 Å². The molecule has 1 aliphatic carbocycles. The van der Waals surface area contributed by atoms with Gasteiger partial charge in [-0.05, 0) is 56.0 Å². The first-order valence-corrected chi connectivity index (χ1v) is 6.85. The van der Waals surface area contributed by atoms with Gasteiger partial charge in [-0.25, -0.2) is 0 Å². The van der Waals surface area contributed by atoms with Crippen LogP contribution in [0.3, 0.4) is 0 Å². The molecule has 3 rings (SSSR count). The number of hydrogen-bond donors (Lipinski definition) is 2. The number of carbonyl (C=O) groups excluding carboxylic acids is 1. The van der Waals surface area contributed by atoms with E-state index in [0.717, 1.165) is 32.4 Å². The Balaban J connectivity index is 1.82. The number of rotatable bonds is 2. The van der Waals surface area contributed by atoms with Crippen molar-refractivity contribution >= 4 is 5.91 Å². The van der Waals surface area contributed by atoms with E-state index in [1.807, 2.05) is 19.1 Å². The third-order valence-corrected chi connectivity index (χ3v) is 4.71. The van der Waals surface area contributed by atoms with Crippen molar-refractivity contribution in [3.8, 4) is 5.75 Å². The Morgan fingerprint density at radius 3 is 3.00 bits per heavy atom. The highest BCUT2D eigenvalue weighted by Crippen LogP contribution is 2.42. The van der Waals surface area contributed by atoms with Gasteiger partial charge in [0.05, 0.1) is 5.41 Å². The van der Waals surface area contributed by atoms with Gasteiger partial charge < -0.3 is 10.8 Å². The second-order valence-electron chi connectivity index (χ2n) is 6.08. The second-order valence-corrected chi connectivity index (χ2v) is 6.08. The summed E-state index contributed by atoms with van der Waals surface area (Å²) in [6, 6.07) is 6.00. The molecule has 2 unspecified atom stereocenters. The van der Waals surface area contributed by atoms with Gasteiger partial charge in [-0.15, -0.1) is 0 Å². The van der Waals surface area contributed by atoms with Crippen LogP contribution in [0.25, 0.3) is 0 Å². The van der Waals surface area contributed by atoms with Crippen molar-refractivity contribution in [3.05, 3.63) is 29.3 Å². The summed E-state index contributed by atoms with van der Waals surface area (Å²) in [6.07, 6.45) is 2.90. The average molecular weight is 260 g/mol. The first kappa shape index (κ1) is 12.5. The van der Waals surface area contributed by atoms with E-state index in [2.05, 4.69) is 4.90 Å². The summed E-state index contributed by atoms with van der Waals surface area (Å²) in [5, 5.41) is 9.53. The number of hydrogen-bond acceptors (Lipinski definition) is 3. The van der Waals surface area contributed by atoms with Gasteiger partial charge in [-0.1, -0.05) is 6.07 Å². The maximum atomic E-state index is 11.5. The number of phenols is 1. The molecule has 0 bridgehead atoms. The Hall–Kier alpha value is -1.55. The molecular formula is C15H20N2O2. The minimum absolute atomic E-state index is 0.195. The minimum atomic E-state index is -0.389. The van der Waals surface area contributed by atoms with E-state index >= 15 is 0 Å². The lowest BCUT2D eigenvalue weighted by molar-refractivity contribution is -0.126. The lowest BCUT2D eigenvalue weighted by Gasteiger charge is -2.27. The normalized spacial score (nSPS) is 30.5. The number of nitrogens with two attached hydrogens (primary N) is 1. The van der Waals surface area contributed by atoms with Crippen molar-refractivity contribution in [3.63, 3.8) is 0 Å². The smallest absolute Gasteiger partial charge is 0.224 e. The van der Waals surface area contributed by atoms with Gasteiger partial charge in [0.1, 0.15) is 5.75 Å². The van der Waals surface area contributed by atoms with Crippen molar-refractivity contribution in [2.75, 3.05) is 13.1 Å². The third kappa shape index (κ3) is 2.00. The summed E-state index contributed by atoms with van der Waals surface area (Å²) in [5.74, 6) is 0.140. The molecule has 1 heterocycles. The van der Waals surface area contributed by atoms with Crippen LogP contribution >= 0.6 is 0 Å². The maximum Gasteiger partial charge on any atom is 0.224 e. The van der Waals surface area contributed by atoms with E-state index in [-0.39, 0.29) is 11.3 Å². The lowest BCUT2D eigenvalue weighted by atomic mass is 9.89. The molecule has 1 saturated heterocycles. The van der Waals surface area contributed by atoms with Crippen molar-refractivity contribution in [1.82, 2.24) is 4.90 Å². The van der Waals surface area contributed by atoms with Crippen molar-refractivity contribution in [2.45, 2.75) is 32.2 Å². The van der Waals surface area contributed by atoms with E-state index in [9.17, 15) is 9.90 Å². The molecule has 0 spiro atoms. The number of phenolic OH excluding ortho intramolecular Hbond substituents is 1. The zero-order valence-electron chi connectivity index (χ0n) is 11.2. The number of benzene rings is 1. The van der Waals surface area contributed by atoms with Crippen LogP contribution in [-0.2, 0) is 11.2 Å². The molecule has 2 aliphatic rings. The summed E-state index contributed by atoms with van der Waals surface area (Å²) in [5.41, 5.74) is 7.65. The molecule has 3 N–H and O–H groups in total. The fraction of sp³-hybridized carbons (Fsp3) is 0.533. The Morgan fingerprint density at radius 2 is 2.32 bits per heavy atom. The number of fused-ring (bicyclic) bond motifs is 1. The number of amides is 1. The zero-order valence-corrected chi connectivity index (χ0v) is 11.2. The lowest BCUT2D eigenvalue weighted by Crippen LogP contribution is -2.37. The highest BCUT2D eigenvalue weighted by atomic mass is 16.3. The predicted octanol–water partition coefficient (Wildman–Crippen LogP) is 1.58. The second kappa shape index (κ2) is 4.23. The summed E-state index contributed by atoms with van der Waals surface area (Å²) in [4.78, 5) is 13.9. The minimum Gasteiger partial charge on any atom is -0.508 e. The molecule has 2 atom stereocenters. The number of primary amides is 1. The Bertz CT molecular complexity index is 529. The SMILES string of the molecule is CC1(C(N)=O)CCN(C2CCc3cc(O)ccc32)C1. The first-order chi connectivity index (χ1) is 8.99. The van der Waals surface area contributed by atoms with Crippen LogP contribution in [0, 0.1) is 5.41 Å². The fourth-order valence-electron chi connectivity index (χ4n) is 3.42. The maximum absolute atomic E-state index is 11.5. The molecule has 1 fully saturated rings. The number of nitrogens with zero attached hydrogens (tertiary/aromatic N) is 1. The van der Waals surface area contributed by atoms with Gasteiger partial charge in [0.25, 0.3) is 0 Å². The molecule has 19 heavy (non-hydrogen) atoms. The Kier molecular flexibility index (Phi) is 2.78. The van der Waals surface area contributed by atoms with Crippen LogP contribution in [0.5, 0.6) is 5.75 Å². The van der Waals surface area contributed by atoms with Crippen LogP contribution in [0.4, 0.5) is 0 Å². The standard InChI is InChI=1S/C15H20N2O2/c1-15(14(16)19)6-7-17(9-15)13-5-2-10-8-11(18)3-4-12(10)13/h3-4,8,13,18H,2,5-7,9H2,1H3,(H2,16,19). The Labute approximate surface area is 113 Å². The molecule has 4 heteroatoms. The van der Waals surface area contributed by atoms with Crippen molar-refractivity contribution in [1.29, 1.82) is 0 Å². The van der Waals surface area contributed by atoms with E-state index in [1.54, 1.807) is 6.07 Å². The number of aromatic hydroxyl groups is 1. The highest BCUT2D eigenvalue weighted by molar-refractivity contribution is 5.81. The topological polar surface area (TPSA) is 66.6 Å². The average Bonchev–Trinajstić information content (AvgIpc) is 2.93. The number of carbonyl (C=O) groups is 1. The number of likely N-dealkylation sites (tertiary alicyclic amines) is 1. The summed E-state index contributed by atoms with van der Waals surface area (Å²) >= 11 is 0. The molecule has 102 valence electrons. The molecule has 1 aromatic rings. The van der Waals surface area contributed by atoms with Crippen LogP contribution < -0.4 is 5.73 Å². The highest BCUT2D eigenvalue weighted by Gasteiger charge is 2.42. The fourth-order valence-corrected chi connectivity index (χ4v) is 3.42. The van der Waals surface area contributed by atoms with E-state index in [0.29, 0.717) is 11.8 Å². The first-order valence-electron chi connectivity index (χ1n) is 6.85. The van der Waals surface area contributed by atoms with Crippen molar-refractivity contribution < 1.29 is 9.90 Å². The zero-order chi connectivity index (χ0) is 13.6. The van der Waals surface area contributed by atoms with Gasteiger partial charge in [-0.2, -0.15) is 0 Å². The summed E-state index contributed by atoms with van der Waals surface area (Å²) in [6.45, 7) is 3.62. The van der Waals surface area contributed by atoms with Crippen molar-refractivity contribution in [2.24, 2.45) is 11.1 Å². The molecule has 0 aromatic heterocycles. The van der Waals surface area contributed by atoms with E-state index in [1.165, 1.54) is 11.1 Å². The predicted molar refractivity (Wildman–Crippen MR) is 72.7 cm³/mol. The van der Waals surface area contributed by atoms with E-state index < -0.39 is 0 Å². The quantitative estimate of drug-likeness (QED) is 0.848. The third-order valence-electron chi connectivity index (χ3n) is 4.71. The van der Waals surface area contributed by atoms with Gasteiger partial charge >= 0.3 is 0 Å². The van der Waals surface area contributed by atoms with Gasteiger partial charge in [-0.3, -0.25) is 9.69 Å². The van der Waals surface area contributed by atoms with Crippen LogP contribution in [0.15, 0.2) is 18.2 Å². The van der Waals surface area contributed by atoms with Crippen LogP contribution in [-0.4, -0.2) is 29.0 Å². The summed E-state index contributed by atoms with van der Waals surface area (Å²) < 4.78 is 0. The molecule has 1 aromatic carbocycles. The van der Waals surface area contributed by atoms with Gasteiger partial charge in [0.15, 0.2) is 0 Å². The Morgan fingerprint density at radius 1 is 1.53 bits per heavy atom. The molecular weight excluding hydrogens is 240 g/mol. The molecule has 1 aliphatic heterocycles. The summed E-state index contributed by atoms with van der Waals surface area (Å²) in [7, 11) is 0. The molecule has 1 amide bonds. The van der Waals surface area contributed by atoms with Gasteiger partial charge in [0, 0.05) is 12.6 Å². The van der Waals surface area contributed by atoms with Crippen LogP contribution in [0.2, 0.25) is 0 Å². The monoisotopic (exact) mass is 260 g/mol. The molecule has 0 radical (unpaired) electrons.